The Morgan fingerprint density at radius 3 is 1.26 bits per heavy atom. The van der Waals surface area contributed by atoms with Gasteiger partial charge in [0.1, 0.15) is 36.6 Å². The maximum absolute atomic E-state index is 13.1. The van der Waals surface area contributed by atoms with Crippen LogP contribution >= 0.6 is 0 Å². The van der Waals surface area contributed by atoms with E-state index in [9.17, 15) is 40.5 Å². The first-order valence-corrected chi connectivity index (χ1v) is 29.1. The van der Waals surface area contributed by atoms with Gasteiger partial charge in [-0.25, -0.2) is 0 Å². The molecule has 1 rings (SSSR count). The number of rotatable bonds is 50. The van der Waals surface area contributed by atoms with Crippen LogP contribution in [0, 0.1) is 0 Å². The summed E-state index contributed by atoms with van der Waals surface area (Å²) in [5, 5.41) is 75.7. The fraction of sp³-hybridized carbons (Fsp3) is 0.947. The molecule has 1 saturated heterocycles. The lowest BCUT2D eigenvalue weighted by molar-refractivity contribution is -0.303. The monoisotopic (exact) mass is 970 g/mol. The average Bonchev–Trinajstić information content (AvgIpc) is 3.34. The summed E-state index contributed by atoms with van der Waals surface area (Å²) in [6.07, 6.45) is 43.3. The van der Waals surface area contributed by atoms with Crippen LogP contribution < -0.4 is 5.32 Å². The lowest BCUT2D eigenvalue weighted by Gasteiger charge is -2.40. The van der Waals surface area contributed by atoms with Gasteiger partial charge in [-0.2, -0.15) is 0 Å². The van der Waals surface area contributed by atoms with Crippen molar-refractivity contribution >= 4 is 5.91 Å². The van der Waals surface area contributed by atoms with Crippen LogP contribution in [0.5, 0.6) is 0 Å². The highest BCUT2D eigenvalue weighted by Crippen LogP contribution is 2.23. The third-order valence-corrected chi connectivity index (χ3v) is 14.3. The van der Waals surface area contributed by atoms with Crippen LogP contribution in [-0.4, -0.2) is 110 Å². The van der Waals surface area contributed by atoms with Gasteiger partial charge >= 0.3 is 0 Å². The Morgan fingerprint density at radius 2 is 0.868 bits per heavy atom. The Balaban J connectivity index is 2.13. The first-order valence-electron chi connectivity index (χ1n) is 29.1. The summed E-state index contributed by atoms with van der Waals surface area (Å²) in [7, 11) is 0. The van der Waals surface area contributed by atoms with Crippen molar-refractivity contribution < 1.29 is 50.0 Å². The fourth-order valence-electron chi connectivity index (χ4n) is 9.56. The number of hydrogen-bond acceptors (Lipinski definition) is 10. The van der Waals surface area contributed by atoms with Gasteiger partial charge in [0.25, 0.3) is 0 Å². The van der Waals surface area contributed by atoms with E-state index in [0.717, 1.165) is 38.5 Å². The number of aliphatic hydroxyl groups excluding tert-OH is 7. The molecular weight excluding hydrogens is 859 g/mol. The van der Waals surface area contributed by atoms with Crippen molar-refractivity contribution in [1.29, 1.82) is 0 Å². The van der Waals surface area contributed by atoms with Crippen molar-refractivity contribution in [3.63, 3.8) is 0 Å². The molecule has 68 heavy (non-hydrogen) atoms. The van der Waals surface area contributed by atoms with Crippen LogP contribution in [-0.2, 0) is 14.3 Å². The SMILES string of the molecule is CCCCCC/C=C/CCCC(O)C(O)C(COC1OC(CO)C(O)C(O)C1O)NC(=O)C(O)CCCCCCCCCCCCCCCCCCCCCCCCCCCCCCCCCC. The fourth-order valence-corrected chi connectivity index (χ4v) is 9.56. The summed E-state index contributed by atoms with van der Waals surface area (Å²) >= 11 is 0. The third kappa shape index (κ3) is 35.1. The predicted molar refractivity (Wildman–Crippen MR) is 279 cm³/mol. The molecule has 11 heteroatoms. The first-order chi connectivity index (χ1) is 33.2. The van der Waals surface area contributed by atoms with Crippen molar-refractivity contribution in [3.05, 3.63) is 12.2 Å². The van der Waals surface area contributed by atoms with Gasteiger partial charge in [-0.15, -0.1) is 0 Å². The van der Waals surface area contributed by atoms with E-state index in [1.807, 2.05) is 0 Å². The number of nitrogens with one attached hydrogen (secondary N) is 1. The number of unbranched alkanes of at least 4 members (excludes halogenated alkanes) is 36. The molecule has 0 radical (unpaired) electrons. The largest absolute Gasteiger partial charge is 0.394 e. The van der Waals surface area contributed by atoms with Gasteiger partial charge in [-0.1, -0.05) is 251 Å². The van der Waals surface area contributed by atoms with Gasteiger partial charge in [0, 0.05) is 0 Å². The highest BCUT2D eigenvalue weighted by molar-refractivity contribution is 5.80. The summed E-state index contributed by atoms with van der Waals surface area (Å²) < 4.78 is 11.1. The van der Waals surface area contributed by atoms with Crippen LogP contribution in [0.15, 0.2) is 12.2 Å². The molecule has 0 saturated carbocycles. The van der Waals surface area contributed by atoms with Crippen LogP contribution in [0.4, 0.5) is 0 Å². The molecular formula is C57H111NO10. The van der Waals surface area contributed by atoms with Crippen LogP contribution in [0.25, 0.3) is 0 Å². The Labute approximate surface area is 417 Å². The molecule has 9 unspecified atom stereocenters. The van der Waals surface area contributed by atoms with Gasteiger partial charge in [0.2, 0.25) is 5.91 Å². The van der Waals surface area contributed by atoms with Crippen molar-refractivity contribution in [2.45, 2.75) is 332 Å². The molecule has 0 aromatic heterocycles. The van der Waals surface area contributed by atoms with E-state index in [0.29, 0.717) is 12.8 Å². The zero-order valence-corrected chi connectivity index (χ0v) is 44.1. The molecule has 1 fully saturated rings. The van der Waals surface area contributed by atoms with Gasteiger partial charge in [0.05, 0.1) is 25.4 Å². The molecule has 11 nitrogen and oxygen atoms in total. The van der Waals surface area contributed by atoms with Gasteiger partial charge in [-0.05, 0) is 38.5 Å². The lowest BCUT2D eigenvalue weighted by Crippen LogP contribution is -2.60. The molecule has 0 aliphatic carbocycles. The van der Waals surface area contributed by atoms with E-state index in [1.165, 1.54) is 199 Å². The molecule has 0 spiro atoms. The van der Waals surface area contributed by atoms with Gasteiger partial charge < -0.3 is 50.5 Å². The van der Waals surface area contributed by atoms with Crippen molar-refractivity contribution in [2.75, 3.05) is 13.2 Å². The number of aliphatic hydroxyl groups is 7. The molecule has 0 aromatic rings. The molecule has 8 N–H and O–H groups in total. The lowest BCUT2D eigenvalue weighted by atomic mass is 9.98. The molecule has 404 valence electrons. The summed E-state index contributed by atoms with van der Waals surface area (Å²) in [5.74, 6) is -0.703. The van der Waals surface area contributed by atoms with Crippen molar-refractivity contribution in [1.82, 2.24) is 5.32 Å². The maximum Gasteiger partial charge on any atom is 0.249 e. The minimum absolute atomic E-state index is 0.259. The van der Waals surface area contributed by atoms with Crippen LogP contribution in [0.3, 0.4) is 0 Å². The molecule has 1 aliphatic heterocycles. The summed E-state index contributed by atoms with van der Waals surface area (Å²) in [6.45, 7) is 3.41. The third-order valence-electron chi connectivity index (χ3n) is 14.3. The first kappa shape index (κ1) is 64.9. The van der Waals surface area contributed by atoms with Crippen molar-refractivity contribution in [3.8, 4) is 0 Å². The highest BCUT2D eigenvalue weighted by Gasteiger charge is 2.44. The van der Waals surface area contributed by atoms with E-state index in [1.54, 1.807) is 0 Å². The topological polar surface area (TPSA) is 189 Å². The summed E-state index contributed by atoms with van der Waals surface area (Å²) in [4.78, 5) is 13.1. The predicted octanol–water partition coefficient (Wildman–Crippen LogP) is 12.0. The van der Waals surface area contributed by atoms with Crippen LogP contribution in [0.1, 0.15) is 277 Å². The molecule has 9 atom stereocenters. The van der Waals surface area contributed by atoms with E-state index >= 15 is 0 Å². The maximum atomic E-state index is 13.1. The number of carbonyl (C=O) groups is 1. The minimum Gasteiger partial charge on any atom is -0.394 e. The second-order valence-corrected chi connectivity index (χ2v) is 20.7. The van der Waals surface area contributed by atoms with Gasteiger partial charge in [0.15, 0.2) is 6.29 Å². The number of hydrogen-bond donors (Lipinski definition) is 8. The Bertz CT molecular complexity index is 1110. The quantitative estimate of drug-likeness (QED) is 0.0215. The highest BCUT2D eigenvalue weighted by atomic mass is 16.7. The Kier molecular flexibility index (Phi) is 44.7. The molecule has 0 bridgehead atoms. The van der Waals surface area contributed by atoms with E-state index in [-0.39, 0.29) is 12.8 Å². The zero-order chi connectivity index (χ0) is 49.7. The number of carbonyl (C=O) groups excluding carboxylic acids is 1. The van der Waals surface area contributed by atoms with E-state index < -0.39 is 74.2 Å². The standard InChI is InChI=1S/C57H111NO10/c1-3-5-7-9-11-13-14-15-16-17-18-19-20-21-22-23-24-25-26-27-28-29-30-31-32-33-34-35-37-39-41-43-45-50(61)56(66)58-48(47-67-57-55(65)54(64)53(63)51(46-59)68-57)52(62)49(60)44-42-40-38-36-12-10-8-6-4-2/h36,38,48-55,57,59-65H,3-35,37,39-47H2,1-2H3,(H,58,66)/b38-36+. The Morgan fingerprint density at radius 1 is 0.500 bits per heavy atom. The number of allylic oxidation sites excluding steroid dienone is 2. The summed E-state index contributed by atoms with van der Waals surface area (Å²) in [6, 6.07) is -1.18. The minimum atomic E-state index is -1.66. The second kappa shape index (κ2) is 46.9. The molecule has 1 amide bonds. The second-order valence-electron chi connectivity index (χ2n) is 20.7. The van der Waals surface area contributed by atoms with E-state index in [2.05, 4.69) is 31.3 Å². The smallest absolute Gasteiger partial charge is 0.249 e. The van der Waals surface area contributed by atoms with Crippen LogP contribution in [0.2, 0.25) is 0 Å². The average molecular weight is 971 g/mol. The van der Waals surface area contributed by atoms with E-state index in [4.69, 9.17) is 9.47 Å². The molecule has 1 aliphatic rings. The number of amides is 1. The summed E-state index contributed by atoms with van der Waals surface area (Å²) in [5.41, 5.74) is 0. The zero-order valence-electron chi connectivity index (χ0n) is 44.1. The van der Waals surface area contributed by atoms with Gasteiger partial charge in [-0.3, -0.25) is 4.79 Å². The number of ether oxygens (including phenoxy) is 2. The normalized spacial score (nSPS) is 20.5. The molecule has 1 heterocycles. The molecule has 0 aromatic carbocycles. The van der Waals surface area contributed by atoms with Crippen molar-refractivity contribution in [2.24, 2.45) is 0 Å². The Hall–Kier alpha value is -1.15.